The van der Waals surface area contributed by atoms with E-state index in [0.717, 1.165) is 27.4 Å². The van der Waals surface area contributed by atoms with Gasteiger partial charge in [-0.1, -0.05) is 48.0 Å². The van der Waals surface area contributed by atoms with E-state index in [2.05, 4.69) is 20.9 Å². The highest BCUT2D eigenvalue weighted by molar-refractivity contribution is 9.10. The van der Waals surface area contributed by atoms with Crippen molar-refractivity contribution in [3.63, 3.8) is 0 Å². The lowest BCUT2D eigenvalue weighted by Crippen LogP contribution is -2.45. The molecule has 9 heteroatoms. The summed E-state index contributed by atoms with van der Waals surface area (Å²) in [5.41, 5.74) is -0.0482. The summed E-state index contributed by atoms with van der Waals surface area (Å²) < 4.78 is 3.29. The molecule has 0 saturated carbocycles. The Morgan fingerprint density at radius 3 is 2.31 bits per heavy atom. The van der Waals surface area contributed by atoms with Gasteiger partial charge in [0.15, 0.2) is 0 Å². The number of carboxylic acids is 1. The number of hydrogen-bond acceptors (Lipinski definition) is 5. The van der Waals surface area contributed by atoms with Gasteiger partial charge < -0.3 is 10.0 Å². The lowest BCUT2D eigenvalue weighted by molar-refractivity contribution is 0.0697. The number of anilines is 1. The van der Waals surface area contributed by atoms with Crippen LogP contribution in [0.4, 0.5) is 5.95 Å². The summed E-state index contributed by atoms with van der Waals surface area (Å²) in [5.74, 6) is -0.880. The number of benzene rings is 2. The highest BCUT2D eigenvalue weighted by Crippen LogP contribution is 2.17. The quantitative estimate of drug-likeness (QED) is 0.482. The first-order valence-corrected chi connectivity index (χ1v) is 11.2. The zero-order valence-electron chi connectivity index (χ0n) is 18.0. The fourth-order valence-electron chi connectivity index (χ4n) is 3.46. The van der Waals surface area contributed by atoms with Crippen molar-refractivity contribution in [2.75, 3.05) is 18.0 Å². The van der Waals surface area contributed by atoms with E-state index < -0.39 is 17.3 Å². The highest BCUT2D eigenvalue weighted by atomic mass is 79.9. The molecule has 0 radical (unpaired) electrons. The van der Waals surface area contributed by atoms with Gasteiger partial charge >= 0.3 is 17.3 Å². The van der Waals surface area contributed by atoms with Crippen LogP contribution in [0.25, 0.3) is 5.69 Å². The minimum atomic E-state index is -1.10. The summed E-state index contributed by atoms with van der Waals surface area (Å²) in [5, 5.41) is 9.42. The first kappa shape index (κ1) is 23.5. The number of aromatic carboxylic acids is 1. The van der Waals surface area contributed by atoms with Gasteiger partial charge in [-0.3, -0.25) is 0 Å². The predicted octanol–water partition coefficient (Wildman–Crippen LogP) is 3.53. The van der Waals surface area contributed by atoms with Crippen LogP contribution in [0.3, 0.4) is 0 Å². The molecule has 1 N–H and O–H groups in total. The van der Waals surface area contributed by atoms with E-state index in [9.17, 15) is 19.5 Å². The maximum Gasteiger partial charge on any atom is 0.355 e. The van der Waals surface area contributed by atoms with Crippen LogP contribution in [-0.2, 0) is 6.54 Å². The van der Waals surface area contributed by atoms with Gasteiger partial charge in [0.2, 0.25) is 5.95 Å². The molecular weight excluding hydrogens is 476 g/mol. The van der Waals surface area contributed by atoms with Crippen molar-refractivity contribution >= 4 is 27.8 Å². The van der Waals surface area contributed by atoms with E-state index in [4.69, 9.17) is 0 Å². The largest absolute Gasteiger partial charge is 0.478 e. The van der Waals surface area contributed by atoms with Crippen molar-refractivity contribution in [1.29, 1.82) is 0 Å². The molecule has 0 amide bonds. The van der Waals surface area contributed by atoms with Crippen LogP contribution in [0.2, 0.25) is 0 Å². The number of carbonyl (C=O) groups is 1. The monoisotopic (exact) mass is 500 g/mol. The molecule has 8 nitrogen and oxygen atoms in total. The molecule has 0 aliphatic carbocycles. The molecule has 0 fully saturated rings. The molecular formula is C23H25BrN4O4. The lowest BCUT2D eigenvalue weighted by atomic mass is 10.2. The second-order valence-electron chi connectivity index (χ2n) is 7.37. The summed E-state index contributed by atoms with van der Waals surface area (Å²) >= 11 is 3.38. The number of nitrogens with zero attached hydrogens (tertiary/aromatic N) is 4. The Hall–Kier alpha value is -3.20. The Labute approximate surface area is 193 Å². The molecule has 3 rings (SSSR count). The van der Waals surface area contributed by atoms with Gasteiger partial charge in [0, 0.05) is 17.6 Å². The number of carboxylic acid groups (broad SMARTS) is 1. The van der Waals surface area contributed by atoms with Crippen molar-refractivity contribution in [3.05, 3.63) is 85.1 Å². The van der Waals surface area contributed by atoms with Crippen LogP contribution >= 0.6 is 15.9 Å². The summed E-state index contributed by atoms with van der Waals surface area (Å²) in [6.07, 6.45) is 1.60. The number of halogens is 1. The zero-order valence-corrected chi connectivity index (χ0v) is 19.6. The third-order valence-corrected chi connectivity index (χ3v) is 5.45. The van der Waals surface area contributed by atoms with Crippen LogP contribution in [0.15, 0.2) is 62.6 Å². The Morgan fingerprint density at radius 1 is 1.06 bits per heavy atom. The molecule has 0 spiro atoms. The fraction of sp³-hybridized carbons (Fsp3) is 0.304. The van der Waals surface area contributed by atoms with Crippen molar-refractivity contribution in [2.24, 2.45) is 0 Å². The molecule has 3 aromatic rings. The second kappa shape index (κ2) is 10.4. The van der Waals surface area contributed by atoms with E-state index in [0.29, 0.717) is 18.8 Å². The van der Waals surface area contributed by atoms with Gasteiger partial charge in [-0.25, -0.2) is 23.5 Å². The van der Waals surface area contributed by atoms with Crippen LogP contribution in [0.1, 0.15) is 42.6 Å². The van der Waals surface area contributed by atoms with E-state index in [1.54, 1.807) is 12.1 Å². The van der Waals surface area contributed by atoms with Gasteiger partial charge in [-0.05, 0) is 48.7 Å². The van der Waals surface area contributed by atoms with E-state index in [-0.39, 0.29) is 18.1 Å². The first-order valence-electron chi connectivity index (χ1n) is 10.4. The molecule has 0 aliphatic rings. The molecule has 0 atom stereocenters. The van der Waals surface area contributed by atoms with Crippen LogP contribution in [0, 0.1) is 0 Å². The predicted molar refractivity (Wildman–Crippen MR) is 127 cm³/mol. The fourth-order valence-corrected chi connectivity index (χ4v) is 3.72. The van der Waals surface area contributed by atoms with Crippen LogP contribution in [-0.4, -0.2) is 38.3 Å². The Morgan fingerprint density at radius 2 is 1.72 bits per heavy atom. The molecule has 0 aliphatic heterocycles. The molecule has 32 heavy (non-hydrogen) atoms. The van der Waals surface area contributed by atoms with Crippen LogP contribution in [0.5, 0.6) is 0 Å². The van der Waals surface area contributed by atoms with E-state index in [1.165, 1.54) is 16.7 Å². The zero-order chi connectivity index (χ0) is 23.3. The lowest BCUT2D eigenvalue weighted by Gasteiger charge is -2.26. The average Bonchev–Trinajstić information content (AvgIpc) is 2.77. The average molecular weight is 501 g/mol. The van der Waals surface area contributed by atoms with Crippen molar-refractivity contribution < 1.29 is 9.90 Å². The summed E-state index contributed by atoms with van der Waals surface area (Å²) in [7, 11) is 0. The van der Waals surface area contributed by atoms with Gasteiger partial charge in [0.05, 0.1) is 17.8 Å². The first-order chi connectivity index (χ1) is 15.3. The maximum absolute atomic E-state index is 13.6. The van der Waals surface area contributed by atoms with Crippen molar-refractivity contribution in [2.45, 2.75) is 33.2 Å². The number of rotatable bonds is 9. The topological polar surface area (TPSA) is 97.4 Å². The smallest absolute Gasteiger partial charge is 0.355 e. The van der Waals surface area contributed by atoms with Crippen molar-refractivity contribution in [3.8, 4) is 5.69 Å². The molecule has 1 heterocycles. The highest BCUT2D eigenvalue weighted by Gasteiger charge is 2.20. The van der Waals surface area contributed by atoms with Gasteiger partial charge in [0.1, 0.15) is 0 Å². The van der Waals surface area contributed by atoms with E-state index >= 15 is 0 Å². The molecule has 1 aromatic heterocycles. The third kappa shape index (κ3) is 5.16. The summed E-state index contributed by atoms with van der Waals surface area (Å²) in [6.45, 7) is 5.28. The SMILES string of the molecule is CCCN(CCC)c1nc(=O)n(Cc2ccc(Br)cc2)c(=O)n1-c1cccc(C(=O)O)c1. The standard InChI is InChI=1S/C23H25BrN4O4/c1-3-12-26(13-4-2)21-25-22(31)27(15-16-8-10-18(24)11-9-16)23(32)28(21)19-7-5-6-17(14-19)20(29)30/h5-11,14H,3-4,12-13,15H2,1-2H3,(H,29,30). The Balaban J connectivity index is 2.25. The molecule has 2 aromatic carbocycles. The van der Waals surface area contributed by atoms with E-state index in [1.807, 2.05) is 43.0 Å². The third-order valence-electron chi connectivity index (χ3n) is 4.92. The number of hydrogen-bond donors (Lipinski definition) is 1. The minimum Gasteiger partial charge on any atom is -0.478 e. The summed E-state index contributed by atoms with van der Waals surface area (Å²) in [4.78, 5) is 44.2. The second-order valence-corrected chi connectivity index (χ2v) is 8.28. The van der Waals surface area contributed by atoms with Gasteiger partial charge in [0.25, 0.3) is 0 Å². The van der Waals surface area contributed by atoms with Gasteiger partial charge in [-0.15, -0.1) is 0 Å². The Kier molecular flexibility index (Phi) is 7.63. The van der Waals surface area contributed by atoms with Gasteiger partial charge in [-0.2, -0.15) is 4.98 Å². The maximum atomic E-state index is 13.6. The van der Waals surface area contributed by atoms with Crippen molar-refractivity contribution in [1.82, 2.24) is 14.1 Å². The molecule has 0 saturated heterocycles. The molecule has 0 unspecified atom stereocenters. The Bertz CT molecular complexity index is 1210. The molecule has 0 bridgehead atoms. The minimum absolute atomic E-state index is 0.0449. The summed E-state index contributed by atoms with van der Waals surface area (Å²) in [6, 6.07) is 13.4. The number of aromatic nitrogens is 3. The van der Waals surface area contributed by atoms with Crippen LogP contribution < -0.4 is 16.3 Å². The molecule has 168 valence electrons. The normalized spacial score (nSPS) is 10.8.